The van der Waals surface area contributed by atoms with Gasteiger partial charge in [0.1, 0.15) is 6.29 Å². The van der Waals surface area contributed by atoms with Crippen molar-refractivity contribution >= 4 is 12.2 Å². The second-order valence-electron chi connectivity index (χ2n) is 3.85. The predicted molar refractivity (Wildman–Crippen MR) is 53.7 cm³/mol. The van der Waals surface area contributed by atoms with E-state index in [1.54, 1.807) is 0 Å². The van der Waals surface area contributed by atoms with Crippen LogP contribution in [-0.2, 0) is 9.59 Å². The second kappa shape index (κ2) is 4.55. The molecule has 0 spiro atoms. The van der Waals surface area contributed by atoms with Crippen molar-refractivity contribution in [3.8, 4) is 0 Å². The van der Waals surface area contributed by atoms with Crippen LogP contribution in [0.4, 0.5) is 0 Å². The number of nitrogens with two attached hydrogens (primary N) is 1. The van der Waals surface area contributed by atoms with Crippen molar-refractivity contribution < 1.29 is 9.59 Å². The Bertz CT molecular complexity index is 224. The van der Waals surface area contributed by atoms with Gasteiger partial charge in [0.15, 0.2) is 5.54 Å². The molecule has 1 saturated heterocycles. The Balaban J connectivity index is 2.86. The lowest BCUT2D eigenvalue weighted by atomic mass is 9.92. The molecule has 0 saturated carbocycles. The highest BCUT2D eigenvalue weighted by Gasteiger charge is 2.42. The fourth-order valence-corrected chi connectivity index (χ4v) is 2.13. The molecule has 14 heavy (non-hydrogen) atoms. The van der Waals surface area contributed by atoms with Crippen molar-refractivity contribution in [2.24, 2.45) is 5.73 Å². The van der Waals surface area contributed by atoms with Crippen molar-refractivity contribution in [1.82, 2.24) is 4.90 Å². The number of nitrogens with zero attached hydrogens (tertiary/aromatic N) is 1. The number of rotatable bonds is 5. The fourth-order valence-electron chi connectivity index (χ4n) is 2.13. The lowest BCUT2D eigenvalue weighted by molar-refractivity contribution is -0.136. The maximum Gasteiger partial charge on any atom is 0.245 e. The van der Waals surface area contributed by atoms with Gasteiger partial charge in [-0.25, -0.2) is 0 Å². The number of amides is 1. The van der Waals surface area contributed by atoms with Gasteiger partial charge in [0.25, 0.3) is 0 Å². The summed E-state index contributed by atoms with van der Waals surface area (Å²) in [6.07, 6.45) is 4.15. The third kappa shape index (κ3) is 1.80. The Morgan fingerprint density at radius 1 is 1.50 bits per heavy atom. The number of hydrogen-bond acceptors (Lipinski definition) is 3. The van der Waals surface area contributed by atoms with Crippen LogP contribution in [0.3, 0.4) is 0 Å². The van der Waals surface area contributed by atoms with Gasteiger partial charge in [-0.15, -0.1) is 0 Å². The van der Waals surface area contributed by atoms with Crippen LogP contribution in [0.25, 0.3) is 0 Å². The Kier molecular flexibility index (Phi) is 3.63. The van der Waals surface area contributed by atoms with Crippen LogP contribution in [0.1, 0.15) is 32.6 Å². The zero-order chi connectivity index (χ0) is 10.6. The molecule has 0 aliphatic carbocycles. The molecular weight excluding hydrogens is 180 g/mol. The quantitative estimate of drug-likeness (QED) is 0.510. The number of likely N-dealkylation sites (tertiary alicyclic amines) is 1. The number of primary amides is 1. The van der Waals surface area contributed by atoms with E-state index in [0.29, 0.717) is 6.42 Å². The maximum atomic E-state index is 11.4. The molecule has 2 N–H and O–H groups in total. The molecule has 4 heteroatoms. The van der Waals surface area contributed by atoms with Crippen LogP contribution in [0, 0.1) is 0 Å². The van der Waals surface area contributed by atoms with E-state index >= 15 is 0 Å². The summed E-state index contributed by atoms with van der Waals surface area (Å²) < 4.78 is 0. The van der Waals surface area contributed by atoms with Gasteiger partial charge in [-0.3, -0.25) is 9.69 Å². The van der Waals surface area contributed by atoms with E-state index < -0.39 is 11.4 Å². The highest BCUT2D eigenvalue weighted by molar-refractivity contribution is 6.00. The minimum atomic E-state index is -1.04. The monoisotopic (exact) mass is 198 g/mol. The van der Waals surface area contributed by atoms with Gasteiger partial charge < -0.3 is 10.5 Å². The molecule has 1 heterocycles. The summed E-state index contributed by atoms with van der Waals surface area (Å²) in [5, 5.41) is 0. The summed E-state index contributed by atoms with van der Waals surface area (Å²) in [4.78, 5) is 24.4. The van der Waals surface area contributed by atoms with Gasteiger partial charge in [-0.1, -0.05) is 13.3 Å². The zero-order valence-corrected chi connectivity index (χ0v) is 8.66. The molecule has 0 radical (unpaired) electrons. The highest BCUT2D eigenvalue weighted by atomic mass is 16.2. The van der Waals surface area contributed by atoms with Gasteiger partial charge >= 0.3 is 0 Å². The topological polar surface area (TPSA) is 63.4 Å². The fraction of sp³-hybridized carbons (Fsp3) is 0.800. The van der Waals surface area contributed by atoms with Crippen LogP contribution in [0.2, 0.25) is 0 Å². The average molecular weight is 198 g/mol. The maximum absolute atomic E-state index is 11.4. The van der Waals surface area contributed by atoms with Gasteiger partial charge in [0.2, 0.25) is 5.91 Å². The summed E-state index contributed by atoms with van der Waals surface area (Å²) in [7, 11) is 0. The largest absolute Gasteiger partial charge is 0.368 e. The van der Waals surface area contributed by atoms with Crippen LogP contribution in [-0.4, -0.2) is 35.7 Å². The van der Waals surface area contributed by atoms with E-state index in [-0.39, 0.29) is 0 Å². The van der Waals surface area contributed by atoms with Crippen molar-refractivity contribution in [2.45, 2.75) is 38.1 Å². The molecule has 0 aromatic heterocycles. The Morgan fingerprint density at radius 2 is 2.07 bits per heavy atom. The third-order valence-corrected chi connectivity index (χ3v) is 2.92. The lowest BCUT2D eigenvalue weighted by Crippen LogP contribution is -2.57. The number of aldehydes is 1. The molecule has 1 fully saturated rings. The first-order valence-corrected chi connectivity index (χ1v) is 5.18. The van der Waals surface area contributed by atoms with Gasteiger partial charge in [0, 0.05) is 0 Å². The van der Waals surface area contributed by atoms with Crippen LogP contribution >= 0.6 is 0 Å². The summed E-state index contributed by atoms with van der Waals surface area (Å²) in [5.41, 5.74) is 4.30. The summed E-state index contributed by atoms with van der Waals surface area (Å²) in [6, 6.07) is 0. The molecule has 4 nitrogen and oxygen atoms in total. The van der Waals surface area contributed by atoms with Crippen molar-refractivity contribution in [2.75, 3.05) is 13.1 Å². The van der Waals surface area contributed by atoms with Crippen molar-refractivity contribution in [3.05, 3.63) is 0 Å². The third-order valence-electron chi connectivity index (χ3n) is 2.92. The standard InChI is InChI=1S/C10H18N2O2/c1-2-5-10(8-13,9(11)14)12-6-3-4-7-12/h8H,2-7H2,1H3,(H2,11,14). The van der Waals surface area contributed by atoms with E-state index in [9.17, 15) is 9.59 Å². The predicted octanol–water partition coefficient (Wildman–Crippen LogP) is 0.305. The second-order valence-corrected chi connectivity index (χ2v) is 3.85. The number of hydrogen-bond donors (Lipinski definition) is 1. The first-order valence-electron chi connectivity index (χ1n) is 5.18. The average Bonchev–Trinajstić information content (AvgIpc) is 2.66. The van der Waals surface area contributed by atoms with E-state index in [4.69, 9.17) is 5.73 Å². The van der Waals surface area contributed by atoms with Gasteiger partial charge in [-0.05, 0) is 32.4 Å². The lowest BCUT2D eigenvalue weighted by Gasteiger charge is -2.33. The Labute approximate surface area is 84.4 Å². The molecule has 0 aromatic carbocycles. The number of carbonyl (C=O) groups excluding carboxylic acids is 2. The Hall–Kier alpha value is -0.900. The molecule has 80 valence electrons. The van der Waals surface area contributed by atoms with Crippen LogP contribution in [0.15, 0.2) is 0 Å². The first-order chi connectivity index (χ1) is 6.67. The minimum absolute atomic E-state index is 0.503. The number of carbonyl (C=O) groups is 2. The van der Waals surface area contributed by atoms with Crippen molar-refractivity contribution in [3.63, 3.8) is 0 Å². The summed E-state index contributed by atoms with van der Waals surface area (Å²) in [5.74, 6) is -0.503. The van der Waals surface area contributed by atoms with E-state index in [1.165, 1.54) is 0 Å². The Morgan fingerprint density at radius 3 is 2.43 bits per heavy atom. The van der Waals surface area contributed by atoms with Crippen LogP contribution in [0.5, 0.6) is 0 Å². The first kappa shape index (κ1) is 11.2. The smallest absolute Gasteiger partial charge is 0.245 e. The highest BCUT2D eigenvalue weighted by Crippen LogP contribution is 2.24. The van der Waals surface area contributed by atoms with E-state index in [0.717, 1.165) is 38.6 Å². The summed E-state index contributed by atoms with van der Waals surface area (Å²) in [6.45, 7) is 3.57. The molecule has 1 atom stereocenters. The summed E-state index contributed by atoms with van der Waals surface area (Å²) >= 11 is 0. The van der Waals surface area contributed by atoms with Gasteiger partial charge in [-0.2, -0.15) is 0 Å². The molecule has 1 aliphatic rings. The normalized spacial score (nSPS) is 21.8. The molecule has 0 bridgehead atoms. The molecule has 1 aliphatic heterocycles. The van der Waals surface area contributed by atoms with E-state index in [2.05, 4.69) is 0 Å². The molecular formula is C10H18N2O2. The van der Waals surface area contributed by atoms with Crippen LogP contribution < -0.4 is 5.73 Å². The molecule has 1 rings (SSSR count). The SMILES string of the molecule is CCCC(C=O)(C(N)=O)N1CCCC1. The molecule has 0 aromatic rings. The molecule has 1 amide bonds. The minimum Gasteiger partial charge on any atom is -0.368 e. The van der Waals surface area contributed by atoms with Crippen molar-refractivity contribution in [1.29, 1.82) is 0 Å². The van der Waals surface area contributed by atoms with Gasteiger partial charge in [0.05, 0.1) is 0 Å². The van der Waals surface area contributed by atoms with E-state index in [1.807, 2.05) is 11.8 Å². The molecule has 1 unspecified atom stereocenters. The zero-order valence-electron chi connectivity index (χ0n) is 8.66.